The van der Waals surface area contributed by atoms with Crippen LogP contribution in [0.4, 0.5) is 0 Å². The van der Waals surface area contributed by atoms with Crippen LogP contribution in [0.25, 0.3) is 0 Å². The van der Waals surface area contributed by atoms with Crippen LogP contribution in [0.2, 0.25) is 0 Å². The maximum atomic E-state index is 12.2. The summed E-state index contributed by atoms with van der Waals surface area (Å²) >= 11 is 1.26. The predicted molar refractivity (Wildman–Crippen MR) is 80.1 cm³/mol. The van der Waals surface area contributed by atoms with Crippen molar-refractivity contribution in [3.8, 4) is 0 Å². The van der Waals surface area contributed by atoms with E-state index in [9.17, 15) is 8.42 Å². The van der Waals surface area contributed by atoms with Crippen LogP contribution in [-0.4, -0.2) is 19.9 Å². The van der Waals surface area contributed by atoms with Gasteiger partial charge in [-0.2, -0.15) is 0 Å². The van der Waals surface area contributed by atoms with E-state index < -0.39 is 10.0 Å². The Kier molecular flexibility index (Phi) is 4.87. The molecule has 2 rings (SSSR count). The Labute approximate surface area is 122 Å². The van der Waals surface area contributed by atoms with Gasteiger partial charge in [0.25, 0.3) is 0 Å². The quantitative estimate of drug-likeness (QED) is 0.845. The van der Waals surface area contributed by atoms with Crippen molar-refractivity contribution in [2.45, 2.75) is 24.1 Å². The van der Waals surface area contributed by atoms with Gasteiger partial charge in [-0.3, -0.25) is 4.98 Å². The van der Waals surface area contributed by atoms with Crippen molar-refractivity contribution >= 4 is 21.4 Å². The highest BCUT2D eigenvalue weighted by atomic mass is 32.2. The molecule has 0 amide bonds. The zero-order chi connectivity index (χ0) is 14.6. The third-order valence-corrected chi connectivity index (χ3v) is 5.93. The molecule has 2 aromatic rings. The van der Waals surface area contributed by atoms with E-state index in [-0.39, 0.29) is 6.54 Å². The van der Waals surface area contributed by atoms with Crippen LogP contribution >= 0.6 is 11.3 Å². The molecule has 0 bridgehead atoms. The Bertz CT molecular complexity index is 680. The fourth-order valence-electron chi connectivity index (χ4n) is 1.70. The predicted octanol–water partition coefficient (Wildman–Crippen LogP) is 1.43. The maximum absolute atomic E-state index is 12.2. The summed E-state index contributed by atoms with van der Waals surface area (Å²) in [6, 6.07) is 5.28. The fourth-order valence-corrected chi connectivity index (χ4v) is 4.13. The largest absolute Gasteiger partial charge is 0.330 e. The van der Waals surface area contributed by atoms with Crippen LogP contribution in [0.1, 0.15) is 16.0 Å². The normalized spacial score (nSPS) is 11.7. The van der Waals surface area contributed by atoms with Crippen LogP contribution in [0.5, 0.6) is 0 Å². The number of rotatable bonds is 6. The van der Waals surface area contributed by atoms with Gasteiger partial charge in [-0.1, -0.05) is 0 Å². The number of nitrogens with zero attached hydrogens (tertiary/aromatic N) is 1. The SMILES string of the molecule is Cc1ccncc1CNS(=O)(=O)c1ccc(CCN)s1. The summed E-state index contributed by atoms with van der Waals surface area (Å²) in [5, 5.41) is 0. The summed E-state index contributed by atoms with van der Waals surface area (Å²) in [6.45, 7) is 2.68. The minimum Gasteiger partial charge on any atom is -0.330 e. The Balaban J connectivity index is 2.09. The summed E-state index contributed by atoms with van der Waals surface area (Å²) in [4.78, 5) is 4.98. The average Bonchev–Trinajstić information content (AvgIpc) is 2.88. The number of pyridine rings is 1. The first kappa shape index (κ1) is 15.1. The van der Waals surface area contributed by atoms with Crippen molar-refractivity contribution in [1.29, 1.82) is 0 Å². The summed E-state index contributed by atoms with van der Waals surface area (Å²) in [7, 11) is -3.47. The number of hydrogen-bond donors (Lipinski definition) is 2. The number of aryl methyl sites for hydroxylation is 1. The first-order chi connectivity index (χ1) is 9.53. The molecule has 0 unspecified atom stereocenters. The Morgan fingerprint density at radius 3 is 2.85 bits per heavy atom. The van der Waals surface area contributed by atoms with E-state index in [1.165, 1.54) is 11.3 Å². The lowest BCUT2D eigenvalue weighted by Crippen LogP contribution is -2.22. The van der Waals surface area contributed by atoms with Gasteiger partial charge >= 0.3 is 0 Å². The highest BCUT2D eigenvalue weighted by Crippen LogP contribution is 2.22. The maximum Gasteiger partial charge on any atom is 0.250 e. The van der Waals surface area contributed by atoms with Crippen LogP contribution in [0.3, 0.4) is 0 Å². The van der Waals surface area contributed by atoms with E-state index in [0.29, 0.717) is 17.2 Å². The second kappa shape index (κ2) is 6.45. The number of aromatic nitrogens is 1. The highest BCUT2D eigenvalue weighted by molar-refractivity contribution is 7.91. The van der Waals surface area contributed by atoms with Gasteiger partial charge in [-0.15, -0.1) is 11.3 Å². The van der Waals surface area contributed by atoms with Gasteiger partial charge in [-0.25, -0.2) is 13.1 Å². The van der Waals surface area contributed by atoms with Crippen LogP contribution in [-0.2, 0) is 23.0 Å². The Morgan fingerprint density at radius 2 is 2.15 bits per heavy atom. The summed E-state index contributed by atoms with van der Waals surface area (Å²) in [5.74, 6) is 0. The monoisotopic (exact) mass is 311 g/mol. The van der Waals surface area contributed by atoms with E-state index >= 15 is 0 Å². The molecule has 108 valence electrons. The molecule has 20 heavy (non-hydrogen) atoms. The van der Waals surface area contributed by atoms with E-state index in [1.807, 2.05) is 13.0 Å². The molecule has 0 radical (unpaired) electrons. The molecule has 0 aliphatic rings. The first-order valence-corrected chi connectivity index (χ1v) is 8.51. The summed E-state index contributed by atoms with van der Waals surface area (Å²) in [6.07, 6.45) is 4.06. The van der Waals surface area contributed by atoms with Gasteiger partial charge in [0.2, 0.25) is 10.0 Å². The lowest BCUT2D eigenvalue weighted by atomic mass is 10.2. The van der Waals surface area contributed by atoms with Crippen molar-refractivity contribution in [2.24, 2.45) is 5.73 Å². The van der Waals surface area contributed by atoms with Crippen molar-refractivity contribution in [3.05, 3.63) is 46.6 Å². The molecule has 0 atom stereocenters. The minimum absolute atomic E-state index is 0.242. The molecule has 0 aliphatic carbocycles. The average molecular weight is 311 g/mol. The first-order valence-electron chi connectivity index (χ1n) is 6.21. The van der Waals surface area contributed by atoms with E-state index in [1.54, 1.807) is 24.5 Å². The van der Waals surface area contributed by atoms with Gasteiger partial charge in [0.15, 0.2) is 0 Å². The molecule has 7 heteroatoms. The molecular formula is C13H17N3O2S2. The van der Waals surface area contributed by atoms with Gasteiger partial charge in [0.05, 0.1) is 0 Å². The number of hydrogen-bond acceptors (Lipinski definition) is 5. The zero-order valence-corrected chi connectivity index (χ0v) is 12.8. The number of nitrogens with two attached hydrogens (primary N) is 1. The highest BCUT2D eigenvalue weighted by Gasteiger charge is 2.16. The summed E-state index contributed by atoms with van der Waals surface area (Å²) < 4.78 is 27.3. The van der Waals surface area contributed by atoms with Crippen LogP contribution in [0, 0.1) is 6.92 Å². The fraction of sp³-hybridized carbons (Fsp3) is 0.308. The molecule has 5 nitrogen and oxygen atoms in total. The van der Waals surface area contributed by atoms with Crippen molar-refractivity contribution in [2.75, 3.05) is 6.54 Å². The summed E-state index contributed by atoms with van der Waals surface area (Å²) in [5.41, 5.74) is 7.35. The molecule has 0 spiro atoms. The van der Waals surface area contributed by atoms with Gasteiger partial charge < -0.3 is 5.73 Å². The molecular weight excluding hydrogens is 294 g/mol. The minimum atomic E-state index is -3.47. The third kappa shape index (κ3) is 3.63. The zero-order valence-electron chi connectivity index (χ0n) is 11.2. The molecule has 2 heterocycles. The van der Waals surface area contributed by atoms with Gasteiger partial charge in [0, 0.05) is 23.8 Å². The standard InChI is InChI=1S/C13H17N3O2S2/c1-10-5-7-15-8-11(10)9-16-20(17,18)13-3-2-12(19-13)4-6-14/h2-3,5,7-8,16H,4,6,9,14H2,1H3. The molecule has 3 N–H and O–H groups in total. The van der Waals surface area contributed by atoms with E-state index in [4.69, 9.17) is 5.73 Å². The van der Waals surface area contributed by atoms with Gasteiger partial charge in [0.1, 0.15) is 4.21 Å². The van der Waals surface area contributed by atoms with Gasteiger partial charge in [-0.05, 0) is 49.2 Å². The number of thiophene rings is 1. The second-order valence-electron chi connectivity index (χ2n) is 4.39. The third-order valence-electron chi connectivity index (χ3n) is 2.89. The topological polar surface area (TPSA) is 85.1 Å². The lowest BCUT2D eigenvalue weighted by Gasteiger charge is -2.06. The molecule has 0 saturated carbocycles. The second-order valence-corrected chi connectivity index (χ2v) is 7.55. The van der Waals surface area contributed by atoms with E-state index in [0.717, 1.165) is 16.0 Å². The molecule has 0 aromatic carbocycles. The number of nitrogens with one attached hydrogen (secondary N) is 1. The van der Waals surface area contributed by atoms with Crippen molar-refractivity contribution in [3.63, 3.8) is 0 Å². The lowest BCUT2D eigenvalue weighted by molar-refractivity contribution is 0.583. The van der Waals surface area contributed by atoms with Crippen molar-refractivity contribution in [1.82, 2.24) is 9.71 Å². The number of sulfonamides is 1. The van der Waals surface area contributed by atoms with Crippen LogP contribution < -0.4 is 10.5 Å². The molecule has 0 aliphatic heterocycles. The molecule has 0 saturated heterocycles. The van der Waals surface area contributed by atoms with Crippen molar-refractivity contribution < 1.29 is 8.42 Å². The van der Waals surface area contributed by atoms with Crippen LogP contribution in [0.15, 0.2) is 34.8 Å². The Morgan fingerprint density at radius 1 is 1.35 bits per heavy atom. The van der Waals surface area contributed by atoms with E-state index in [2.05, 4.69) is 9.71 Å². The smallest absolute Gasteiger partial charge is 0.250 e. The Hall–Kier alpha value is -1.28. The molecule has 0 fully saturated rings. The molecule has 2 aromatic heterocycles.